The second-order valence-corrected chi connectivity index (χ2v) is 6.53. The predicted octanol–water partition coefficient (Wildman–Crippen LogP) is 4.94. The second-order valence-electron chi connectivity index (χ2n) is 4.99. The van der Waals surface area contributed by atoms with Gasteiger partial charge in [-0.2, -0.15) is 0 Å². The summed E-state index contributed by atoms with van der Waals surface area (Å²) < 4.78 is 26.5. The van der Waals surface area contributed by atoms with E-state index in [1.807, 2.05) is 6.07 Å². The molecule has 21 heavy (non-hydrogen) atoms. The summed E-state index contributed by atoms with van der Waals surface area (Å²) in [6.07, 6.45) is 0.930. The van der Waals surface area contributed by atoms with Gasteiger partial charge in [-0.1, -0.05) is 17.7 Å². The molecule has 2 aromatic carbocycles. The first-order valence-electron chi connectivity index (χ1n) is 6.73. The van der Waals surface area contributed by atoms with Gasteiger partial charge in [-0.25, -0.2) is 8.78 Å². The molecule has 0 amide bonds. The maximum atomic E-state index is 13.4. The third kappa shape index (κ3) is 3.39. The zero-order chi connectivity index (χ0) is 14.8. The van der Waals surface area contributed by atoms with Gasteiger partial charge in [-0.05, 0) is 53.6 Å². The lowest BCUT2D eigenvalue weighted by Gasteiger charge is -2.26. The summed E-state index contributed by atoms with van der Waals surface area (Å²) in [4.78, 5) is 1.12. The van der Waals surface area contributed by atoms with Crippen LogP contribution in [0.4, 0.5) is 8.78 Å². The topological polar surface area (TPSA) is 12.0 Å². The molecule has 110 valence electrons. The fourth-order valence-corrected chi connectivity index (χ4v) is 3.82. The molecule has 0 saturated carbocycles. The maximum absolute atomic E-state index is 13.4. The molecule has 0 saturated heterocycles. The van der Waals surface area contributed by atoms with Crippen LogP contribution in [-0.2, 0) is 6.54 Å². The standard InChI is InChI=1S/C16H14ClF2NS/c17-14-8-12(19)2-1-10(14)9-20-15-5-6-21-16-4-3-11(18)7-13(15)16/h1-4,7-8,15,20H,5-6,9H2. The first kappa shape index (κ1) is 14.8. The Morgan fingerprint density at radius 2 is 1.90 bits per heavy atom. The molecular weight excluding hydrogens is 312 g/mol. The van der Waals surface area contributed by atoms with Crippen LogP contribution in [0, 0.1) is 11.6 Å². The van der Waals surface area contributed by atoms with Gasteiger partial charge < -0.3 is 5.32 Å². The zero-order valence-electron chi connectivity index (χ0n) is 11.2. The molecule has 1 aliphatic rings. The van der Waals surface area contributed by atoms with Gasteiger partial charge in [0.2, 0.25) is 0 Å². The van der Waals surface area contributed by atoms with E-state index in [4.69, 9.17) is 11.6 Å². The van der Waals surface area contributed by atoms with E-state index in [1.165, 1.54) is 18.2 Å². The van der Waals surface area contributed by atoms with E-state index in [0.29, 0.717) is 11.6 Å². The highest BCUT2D eigenvalue weighted by atomic mass is 35.5. The SMILES string of the molecule is Fc1ccc(CNC2CCSc3ccc(F)cc32)c(Cl)c1. The molecule has 1 N–H and O–H groups in total. The molecule has 1 unspecified atom stereocenters. The molecule has 1 aliphatic heterocycles. The van der Waals surface area contributed by atoms with Crippen LogP contribution in [0.5, 0.6) is 0 Å². The van der Waals surface area contributed by atoms with Crippen molar-refractivity contribution in [3.05, 3.63) is 64.2 Å². The highest BCUT2D eigenvalue weighted by Crippen LogP contribution is 2.36. The molecule has 0 aromatic heterocycles. The van der Waals surface area contributed by atoms with Gasteiger partial charge >= 0.3 is 0 Å². The maximum Gasteiger partial charge on any atom is 0.124 e. The number of hydrogen-bond donors (Lipinski definition) is 1. The Balaban J connectivity index is 1.76. The van der Waals surface area contributed by atoms with Crippen LogP contribution in [0.25, 0.3) is 0 Å². The van der Waals surface area contributed by atoms with Crippen molar-refractivity contribution in [1.82, 2.24) is 5.32 Å². The van der Waals surface area contributed by atoms with Gasteiger partial charge in [-0.15, -0.1) is 11.8 Å². The summed E-state index contributed by atoms with van der Waals surface area (Å²) in [6.45, 7) is 0.532. The van der Waals surface area contributed by atoms with Crippen LogP contribution in [0.1, 0.15) is 23.6 Å². The highest BCUT2D eigenvalue weighted by Gasteiger charge is 2.21. The van der Waals surface area contributed by atoms with Crippen LogP contribution < -0.4 is 5.32 Å². The normalized spacial score (nSPS) is 17.6. The number of nitrogens with one attached hydrogen (secondary N) is 1. The Bertz CT molecular complexity index is 663. The average Bonchev–Trinajstić information content (AvgIpc) is 2.46. The fourth-order valence-electron chi connectivity index (χ4n) is 2.48. The molecule has 0 aliphatic carbocycles. The minimum Gasteiger partial charge on any atom is -0.306 e. The largest absolute Gasteiger partial charge is 0.306 e. The molecule has 0 fully saturated rings. The van der Waals surface area contributed by atoms with Crippen molar-refractivity contribution < 1.29 is 8.78 Å². The Kier molecular flexibility index (Phi) is 4.48. The van der Waals surface area contributed by atoms with Crippen LogP contribution in [0.15, 0.2) is 41.3 Å². The average molecular weight is 326 g/mol. The summed E-state index contributed by atoms with van der Waals surface area (Å²) in [6, 6.07) is 9.38. The molecule has 1 heterocycles. The molecule has 2 aromatic rings. The predicted molar refractivity (Wildman–Crippen MR) is 82.7 cm³/mol. The minimum atomic E-state index is -0.342. The van der Waals surface area contributed by atoms with E-state index >= 15 is 0 Å². The molecule has 0 radical (unpaired) electrons. The van der Waals surface area contributed by atoms with Gasteiger partial charge in [-0.3, -0.25) is 0 Å². The summed E-state index contributed by atoms with van der Waals surface area (Å²) in [5.74, 6) is 0.432. The fraction of sp³-hybridized carbons (Fsp3) is 0.250. The van der Waals surface area contributed by atoms with Crippen LogP contribution in [0.3, 0.4) is 0 Å². The minimum absolute atomic E-state index is 0.0954. The van der Waals surface area contributed by atoms with Crippen molar-refractivity contribution in [3.8, 4) is 0 Å². The van der Waals surface area contributed by atoms with Crippen molar-refractivity contribution in [2.45, 2.75) is 23.9 Å². The van der Waals surface area contributed by atoms with Gasteiger partial charge in [0, 0.05) is 22.5 Å². The first-order valence-corrected chi connectivity index (χ1v) is 8.09. The Labute approximate surface area is 131 Å². The molecule has 0 spiro atoms. The van der Waals surface area contributed by atoms with E-state index in [0.717, 1.165) is 28.2 Å². The van der Waals surface area contributed by atoms with Crippen molar-refractivity contribution in [2.75, 3.05) is 5.75 Å². The van der Waals surface area contributed by atoms with Crippen molar-refractivity contribution in [3.63, 3.8) is 0 Å². The molecule has 5 heteroatoms. The zero-order valence-corrected chi connectivity index (χ0v) is 12.8. The van der Waals surface area contributed by atoms with Crippen molar-refractivity contribution in [1.29, 1.82) is 0 Å². The first-order chi connectivity index (χ1) is 10.1. The number of thioether (sulfide) groups is 1. The summed E-state index contributed by atoms with van der Waals surface area (Å²) >= 11 is 7.77. The Hall–Kier alpha value is -1.10. The molecule has 0 bridgehead atoms. The van der Waals surface area contributed by atoms with E-state index in [9.17, 15) is 8.78 Å². The molecular formula is C16H14ClF2NS. The van der Waals surface area contributed by atoms with Gasteiger partial charge in [0.15, 0.2) is 0 Å². The molecule has 1 nitrogen and oxygen atoms in total. The number of halogens is 3. The molecule has 3 rings (SSSR count). The summed E-state index contributed by atoms with van der Waals surface area (Å²) in [5, 5.41) is 3.80. The number of hydrogen-bond acceptors (Lipinski definition) is 2. The Morgan fingerprint density at radius 1 is 1.14 bits per heavy atom. The van der Waals surface area contributed by atoms with Crippen molar-refractivity contribution in [2.24, 2.45) is 0 Å². The monoisotopic (exact) mass is 325 g/mol. The quantitative estimate of drug-likeness (QED) is 0.857. The van der Waals surface area contributed by atoms with Crippen molar-refractivity contribution >= 4 is 23.4 Å². The highest BCUT2D eigenvalue weighted by molar-refractivity contribution is 7.99. The second kappa shape index (κ2) is 6.34. The van der Waals surface area contributed by atoms with Crippen LogP contribution >= 0.6 is 23.4 Å². The lowest BCUT2D eigenvalue weighted by Crippen LogP contribution is -2.24. The summed E-state index contributed by atoms with van der Waals surface area (Å²) in [7, 11) is 0. The lowest BCUT2D eigenvalue weighted by atomic mass is 10.0. The third-order valence-electron chi connectivity index (χ3n) is 3.57. The smallest absolute Gasteiger partial charge is 0.124 e. The van der Waals surface area contributed by atoms with E-state index in [2.05, 4.69) is 5.32 Å². The number of rotatable bonds is 3. The van der Waals surface area contributed by atoms with Gasteiger partial charge in [0.05, 0.1) is 0 Å². The van der Waals surface area contributed by atoms with E-state index in [-0.39, 0.29) is 17.7 Å². The Morgan fingerprint density at radius 3 is 2.71 bits per heavy atom. The number of benzene rings is 2. The van der Waals surface area contributed by atoms with Crippen LogP contribution in [-0.4, -0.2) is 5.75 Å². The van der Waals surface area contributed by atoms with Gasteiger partial charge in [0.25, 0.3) is 0 Å². The lowest BCUT2D eigenvalue weighted by molar-refractivity contribution is 0.504. The third-order valence-corrected chi connectivity index (χ3v) is 5.04. The van der Waals surface area contributed by atoms with Gasteiger partial charge in [0.1, 0.15) is 11.6 Å². The van der Waals surface area contributed by atoms with Crippen LogP contribution in [0.2, 0.25) is 5.02 Å². The van der Waals surface area contributed by atoms with E-state index < -0.39 is 0 Å². The summed E-state index contributed by atoms with van der Waals surface area (Å²) in [5.41, 5.74) is 1.83. The molecule has 1 atom stereocenters. The number of fused-ring (bicyclic) bond motifs is 1. The van der Waals surface area contributed by atoms with E-state index in [1.54, 1.807) is 23.9 Å².